The highest BCUT2D eigenvalue weighted by molar-refractivity contribution is 8.17. The number of nitrogens with zero attached hydrogens (tertiary/aromatic N) is 2. The maximum Gasteiger partial charge on any atom is 0.284 e. The number of carbonyl (C=O) groups is 1. The van der Waals surface area contributed by atoms with E-state index in [9.17, 15) is 17.6 Å². The largest absolute Gasteiger partial charge is 0.284 e. The highest BCUT2D eigenvalue weighted by atomic mass is 32.2. The summed E-state index contributed by atoms with van der Waals surface area (Å²) in [5, 5.41) is 0.0746. The molecule has 1 aliphatic rings. The fourth-order valence-electron chi connectivity index (χ4n) is 2.30. The van der Waals surface area contributed by atoms with Gasteiger partial charge in [-0.05, 0) is 50.2 Å². The minimum absolute atomic E-state index is 0.0746. The first-order chi connectivity index (χ1) is 11.7. The Kier molecular flexibility index (Phi) is 4.42. The minimum Gasteiger partial charge on any atom is -0.272 e. The van der Waals surface area contributed by atoms with Gasteiger partial charge >= 0.3 is 0 Å². The summed E-state index contributed by atoms with van der Waals surface area (Å²) < 4.78 is 41.1. The molecule has 25 heavy (non-hydrogen) atoms. The molecule has 0 bridgehead atoms. The van der Waals surface area contributed by atoms with Crippen LogP contribution in [0.3, 0.4) is 0 Å². The van der Waals surface area contributed by atoms with Crippen LogP contribution in [0.1, 0.15) is 13.8 Å². The predicted octanol–water partition coefficient (Wildman–Crippen LogP) is 3.43. The van der Waals surface area contributed by atoms with Gasteiger partial charge in [0.05, 0.1) is 15.3 Å². The van der Waals surface area contributed by atoms with E-state index < -0.39 is 20.6 Å². The molecule has 0 radical (unpaired) electrons. The van der Waals surface area contributed by atoms with Crippen LogP contribution in [0, 0.1) is 5.82 Å². The summed E-state index contributed by atoms with van der Waals surface area (Å²) in [6, 6.07) is 13.1. The molecule has 0 aliphatic carbocycles. The van der Waals surface area contributed by atoms with Crippen LogP contribution in [0.25, 0.3) is 0 Å². The molecule has 130 valence electrons. The van der Waals surface area contributed by atoms with Gasteiger partial charge in [0.25, 0.3) is 10.0 Å². The second kappa shape index (κ2) is 6.27. The predicted molar refractivity (Wildman–Crippen MR) is 96.6 cm³/mol. The van der Waals surface area contributed by atoms with Gasteiger partial charge in [-0.2, -0.15) is 8.42 Å². The molecule has 0 aromatic heterocycles. The highest BCUT2D eigenvalue weighted by Gasteiger charge is 2.46. The van der Waals surface area contributed by atoms with Crippen LogP contribution in [0.2, 0.25) is 0 Å². The van der Waals surface area contributed by atoms with Crippen LogP contribution in [0.15, 0.2) is 63.9 Å². The molecule has 1 amide bonds. The maximum atomic E-state index is 13.0. The standard InChI is InChI=1S/C17H15FN2O3S2/c1-17(2)15(21)20(13-6-4-3-5-7-13)16(24-17)19-25(22,23)14-10-8-12(18)9-11-14/h3-11H,1-2H3. The van der Waals surface area contributed by atoms with Crippen molar-refractivity contribution in [2.75, 3.05) is 4.90 Å². The average molecular weight is 378 g/mol. The summed E-state index contributed by atoms with van der Waals surface area (Å²) in [4.78, 5) is 13.8. The van der Waals surface area contributed by atoms with E-state index in [4.69, 9.17) is 0 Å². The number of thioether (sulfide) groups is 1. The summed E-state index contributed by atoms with van der Waals surface area (Å²) in [7, 11) is -4.07. The fourth-order valence-corrected chi connectivity index (χ4v) is 4.53. The van der Waals surface area contributed by atoms with Crippen molar-refractivity contribution in [3.63, 3.8) is 0 Å². The number of para-hydroxylation sites is 1. The zero-order valence-corrected chi connectivity index (χ0v) is 15.1. The fraction of sp³-hybridized carbons (Fsp3) is 0.176. The second-order valence-electron chi connectivity index (χ2n) is 5.89. The molecule has 0 saturated carbocycles. The molecule has 0 atom stereocenters. The van der Waals surface area contributed by atoms with Gasteiger partial charge in [-0.1, -0.05) is 30.0 Å². The van der Waals surface area contributed by atoms with E-state index in [1.807, 2.05) is 0 Å². The van der Waals surface area contributed by atoms with E-state index in [1.54, 1.807) is 44.2 Å². The molecule has 3 rings (SSSR count). The zero-order chi connectivity index (χ0) is 18.2. The molecule has 5 nitrogen and oxygen atoms in total. The smallest absolute Gasteiger partial charge is 0.272 e. The lowest BCUT2D eigenvalue weighted by molar-refractivity contribution is -0.118. The van der Waals surface area contributed by atoms with E-state index in [0.717, 1.165) is 36.0 Å². The Hall–Kier alpha value is -2.19. The van der Waals surface area contributed by atoms with Gasteiger partial charge in [0.2, 0.25) is 5.91 Å². The molecule has 2 aromatic carbocycles. The van der Waals surface area contributed by atoms with Gasteiger partial charge < -0.3 is 0 Å². The molecular formula is C17H15FN2O3S2. The lowest BCUT2D eigenvalue weighted by Crippen LogP contribution is -2.36. The second-order valence-corrected chi connectivity index (χ2v) is 9.09. The van der Waals surface area contributed by atoms with Crippen molar-refractivity contribution in [2.45, 2.75) is 23.5 Å². The summed E-state index contributed by atoms with van der Waals surface area (Å²) in [5.74, 6) is -0.791. The lowest BCUT2D eigenvalue weighted by atomic mass is 10.1. The van der Waals surface area contributed by atoms with Gasteiger partial charge in [-0.25, -0.2) is 4.39 Å². The zero-order valence-electron chi connectivity index (χ0n) is 13.5. The molecule has 2 aromatic rings. The van der Waals surface area contributed by atoms with Crippen molar-refractivity contribution >= 4 is 38.5 Å². The number of carbonyl (C=O) groups excluding carboxylic acids is 1. The van der Waals surface area contributed by atoms with Gasteiger partial charge in [-0.15, -0.1) is 4.40 Å². The first-order valence-electron chi connectivity index (χ1n) is 7.40. The van der Waals surface area contributed by atoms with Crippen LogP contribution in [-0.2, 0) is 14.8 Å². The first-order valence-corrected chi connectivity index (χ1v) is 9.65. The van der Waals surface area contributed by atoms with Crippen molar-refractivity contribution in [3.05, 3.63) is 60.4 Å². The molecule has 0 N–H and O–H groups in total. The number of amidine groups is 1. The van der Waals surface area contributed by atoms with Crippen LogP contribution < -0.4 is 4.90 Å². The lowest BCUT2D eigenvalue weighted by Gasteiger charge is -2.17. The SMILES string of the molecule is CC1(C)SC(=NS(=O)(=O)c2ccc(F)cc2)N(c2ccccc2)C1=O. The third-order valence-corrected chi connectivity index (χ3v) is 6.12. The number of hydrogen-bond donors (Lipinski definition) is 0. The number of sulfonamides is 1. The molecule has 1 heterocycles. The van der Waals surface area contributed by atoms with Crippen molar-refractivity contribution < 1.29 is 17.6 Å². The Morgan fingerprint density at radius 3 is 2.24 bits per heavy atom. The summed E-state index contributed by atoms with van der Waals surface area (Å²) in [6.07, 6.45) is 0. The van der Waals surface area contributed by atoms with Crippen molar-refractivity contribution in [1.29, 1.82) is 0 Å². The monoisotopic (exact) mass is 378 g/mol. The van der Waals surface area contributed by atoms with Gasteiger partial charge in [0, 0.05) is 0 Å². The summed E-state index contributed by atoms with van der Waals surface area (Å²) in [6.45, 7) is 3.42. The van der Waals surface area contributed by atoms with E-state index in [-0.39, 0.29) is 16.0 Å². The summed E-state index contributed by atoms with van der Waals surface area (Å²) in [5.41, 5.74) is 0.540. The van der Waals surface area contributed by atoms with Crippen LogP contribution in [0.4, 0.5) is 10.1 Å². The van der Waals surface area contributed by atoms with E-state index in [2.05, 4.69) is 4.40 Å². The average Bonchev–Trinajstić information content (AvgIpc) is 2.77. The van der Waals surface area contributed by atoms with Crippen LogP contribution >= 0.6 is 11.8 Å². The number of halogens is 1. The number of rotatable bonds is 3. The molecule has 0 unspecified atom stereocenters. The Balaban J connectivity index is 2.08. The maximum absolute atomic E-state index is 13.0. The quantitative estimate of drug-likeness (QED) is 0.821. The molecular weight excluding hydrogens is 363 g/mol. The summed E-state index contributed by atoms with van der Waals surface area (Å²) >= 11 is 1.08. The third kappa shape index (κ3) is 3.45. The van der Waals surface area contributed by atoms with Crippen molar-refractivity contribution in [2.24, 2.45) is 4.40 Å². The number of benzene rings is 2. The molecule has 1 aliphatic heterocycles. The van der Waals surface area contributed by atoms with Gasteiger partial charge in [0.1, 0.15) is 5.82 Å². The van der Waals surface area contributed by atoms with Crippen molar-refractivity contribution in [1.82, 2.24) is 0 Å². The molecule has 0 spiro atoms. The van der Waals surface area contributed by atoms with E-state index in [0.29, 0.717) is 5.69 Å². The normalized spacial score (nSPS) is 18.8. The Bertz CT molecular complexity index is 940. The molecule has 1 saturated heterocycles. The van der Waals surface area contributed by atoms with Crippen molar-refractivity contribution in [3.8, 4) is 0 Å². The Morgan fingerprint density at radius 1 is 1.04 bits per heavy atom. The number of hydrogen-bond acceptors (Lipinski definition) is 4. The highest BCUT2D eigenvalue weighted by Crippen LogP contribution is 2.40. The third-order valence-electron chi connectivity index (χ3n) is 3.58. The molecule has 8 heteroatoms. The number of amides is 1. The number of anilines is 1. The minimum atomic E-state index is -4.07. The van der Waals surface area contributed by atoms with Crippen LogP contribution in [0.5, 0.6) is 0 Å². The first kappa shape index (κ1) is 17.6. The molecule has 1 fully saturated rings. The van der Waals surface area contributed by atoms with Gasteiger partial charge in [0.15, 0.2) is 5.17 Å². The van der Waals surface area contributed by atoms with Crippen LogP contribution in [-0.4, -0.2) is 24.2 Å². The topological polar surface area (TPSA) is 66.8 Å². The Morgan fingerprint density at radius 2 is 1.64 bits per heavy atom. The van der Waals surface area contributed by atoms with E-state index in [1.165, 1.54) is 4.90 Å². The van der Waals surface area contributed by atoms with E-state index >= 15 is 0 Å². The van der Waals surface area contributed by atoms with Gasteiger partial charge in [-0.3, -0.25) is 9.69 Å². The Labute approximate surface area is 149 Å².